The molecule has 0 bridgehead atoms. The first-order chi connectivity index (χ1) is 5.42. The van der Waals surface area contributed by atoms with Crippen molar-refractivity contribution in [3.8, 4) is 0 Å². The molecule has 72 valence electrons. The number of amidine groups is 1. The molecule has 0 spiro atoms. The highest BCUT2D eigenvalue weighted by Gasteiger charge is 2.02. The topological polar surface area (TPSA) is 123 Å². The fourth-order valence-electron chi connectivity index (χ4n) is 0.405. The number of hydrogen-bond donors (Lipinski definition) is 3. The van der Waals surface area contributed by atoms with Gasteiger partial charge < -0.3 is 10.5 Å². The smallest absolute Gasteiger partial charge is 0.397 e. The van der Waals surface area contributed by atoms with Crippen molar-refractivity contribution in [2.45, 2.75) is 6.42 Å². The molecule has 0 saturated carbocycles. The van der Waals surface area contributed by atoms with E-state index in [1.807, 2.05) is 0 Å². The molecule has 0 aliphatic heterocycles. The van der Waals surface area contributed by atoms with Gasteiger partial charge in [0.1, 0.15) is 0 Å². The molecule has 0 aliphatic carbocycles. The lowest BCUT2D eigenvalue weighted by Crippen LogP contribution is -2.16. The molecule has 0 unspecified atom stereocenters. The van der Waals surface area contributed by atoms with E-state index in [-0.39, 0.29) is 19.6 Å². The molecule has 0 aromatic carbocycles. The Hall–Kier alpha value is -0.860. The van der Waals surface area contributed by atoms with Crippen LogP contribution in [0.3, 0.4) is 0 Å². The first-order valence-electron chi connectivity index (χ1n) is 3.00. The van der Waals surface area contributed by atoms with Gasteiger partial charge in [-0.25, -0.2) is 4.18 Å². The Kier molecular flexibility index (Phi) is 4.55. The summed E-state index contributed by atoms with van der Waals surface area (Å²) in [4.78, 5) is 0. The van der Waals surface area contributed by atoms with Crippen molar-refractivity contribution in [3.63, 3.8) is 0 Å². The van der Waals surface area contributed by atoms with E-state index in [0.29, 0.717) is 0 Å². The molecule has 0 amide bonds. The summed E-state index contributed by atoms with van der Waals surface area (Å²) in [5.74, 6) is 0. The van der Waals surface area contributed by atoms with Crippen molar-refractivity contribution in [1.82, 2.24) is 0 Å². The number of ether oxygens (including phenoxy) is 1. The first-order valence-corrected chi connectivity index (χ1v) is 4.37. The molecule has 7 nitrogen and oxygen atoms in total. The van der Waals surface area contributed by atoms with Crippen LogP contribution in [0.25, 0.3) is 0 Å². The Bertz CT molecular complexity index is 236. The number of rotatable bonds is 5. The molecule has 0 heterocycles. The van der Waals surface area contributed by atoms with Gasteiger partial charge >= 0.3 is 10.4 Å². The normalized spacial score (nSPS) is 11.1. The Balaban J connectivity index is 3.29. The van der Waals surface area contributed by atoms with Gasteiger partial charge in [-0.2, -0.15) is 8.42 Å². The fraction of sp³-hybridized carbons (Fsp3) is 0.750. The zero-order chi connectivity index (χ0) is 9.61. The maximum atomic E-state index is 9.95. The zero-order valence-corrected chi connectivity index (χ0v) is 7.00. The second-order valence-corrected chi connectivity index (χ2v) is 2.91. The van der Waals surface area contributed by atoms with Crippen molar-refractivity contribution >= 4 is 16.4 Å². The third-order valence-electron chi connectivity index (χ3n) is 0.779. The van der Waals surface area contributed by atoms with Crippen LogP contribution in [0.4, 0.5) is 0 Å². The van der Waals surface area contributed by atoms with Gasteiger partial charge in [0, 0.05) is 6.42 Å². The van der Waals surface area contributed by atoms with Crippen LogP contribution in [0, 0.1) is 5.41 Å². The van der Waals surface area contributed by atoms with Gasteiger partial charge in [-0.15, -0.1) is 0 Å². The standard InChI is InChI=1S/C4H10N2O5S/c5-4(6)10-2-1-3-11-12(7,8)9/h1-3H2,(H3,5,6)(H,7,8,9). The van der Waals surface area contributed by atoms with Crippen molar-refractivity contribution in [2.75, 3.05) is 13.2 Å². The van der Waals surface area contributed by atoms with E-state index >= 15 is 0 Å². The number of nitrogens with two attached hydrogens (primary N) is 1. The van der Waals surface area contributed by atoms with Crippen LogP contribution in [0.1, 0.15) is 6.42 Å². The molecule has 4 N–H and O–H groups in total. The molecule has 0 aromatic heterocycles. The molecule has 0 rings (SSSR count). The molecular formula is C4H10N2O5S. The van der Waals surface area contributed by atoms with E-state index in [1.165, 1.54) is 0 Å². The third kappa shape index (κ3) is 9.14. The van der Waals surface area contributed by atoms with E-state index in [1.54, 1.807) is 0 Å². The van der Waals surface area contributed by atoms with Gasteiger partial charge in [-0.05, 0) is 0 Å². The Morgan fingerprint density at radius 3 is 2.50 bits per heavy atom. The summed E-state index contributed by atoms with van der Waals surface area (Å²) in [6.07, 6.45) is 0.222. The van der Waals surface area contributed by atoms with Gasteiger partial charge in [0.05, 0.1) is 13.2 Å². The molecule has 12 heavy (non-hydrogen) atoms. The van der Waals surface area contributed by atoms with Crippen LogP contribution in [0.2, 0.25) is 0 Å². The molecule has 0 aliphatic rings. The lowest BCUT2D eigenvalue weighted by Gasteiger charge is -2.01. The minimum absolute atomic E-state index is 0.0743. The van der Waals surface area contributed by atoms with Crippen molar-refractivity contribution in [3.05, 3.63) is 0 Å². The highest BCUT2D eigenvalue weighted by atomic mass is 32.3. The van der Waals surface area contributed by atoms with Crippen LogP contribution in [-0.4, -0.2) is 32.2 Å². The molecule has 0 atom stereocenters. The highest BCUT2D eigenvalue weighted by molar-refractivity contribution is 7.80. The summed E-state index contributed by atoms with van der Waals surface area (Å²) >= 11 is 0. The Labute approximate surface area is 69.9 Å². The van der Waals surface area contributed by atoms with Crippen molar-refractivity contribution in [2.24, 2.45) is 5.73 Å². The van der Waals surface area contributed by atoms with Crippen LogP contribution in [0.15, 0.2) is 0 Å². The number of hydrogen-bond acceptors (Lipinski definition) is 5. The molecule has 0 radical (unpaired) electrons. The monoisotopic (exact) mass is 198 g/mol. The lowest BCUT2D eigenvalue weighted by atomic mass is 10.5. The van der Waals surface area contributed by atoms with Gasteiger partial charge in [0.2, 0.25) is 0 Å². The predicted octanol–water partition coefficient (Wildman–Crippen LogP) is -0.894. The van der Waals surface area contributed by atoms with Crippen LogP contribution in [0.5, 0.6) is 0 Å². The van der Waals surface area contributed by atoms with Crippen LogP contribution < -0.4 is 5.73 Å². The predicted molar refractivity (Wildman–Crippen MR) is 40.0 cm³/mol. The maximum Gasteiger partial charge on any atom is 0.397 e. The summed E-state index contributed by atoms with van der Waals surface area (Å²) in [6.45, 7) is -0.128. The SMILES string of the molecule is N=C(N)OCCCOS(=O)(=O)O. The second-order valence-electron chi connectivity index (χ2n) is 1.82. The third-order valence-corrected chi connectivity index (χ3v) is 1.24. The fourth-order valence-corrected chi connectivity index (χ4v) is 0.734. The molecule has 0 saturated heterocycles. The summed E-state index contributed by atoms with van der Waals surface area (Å²) in [5, 5.41) is 6.60. The zero-order valence-electron chi connectivity index (χ0n) is 6.19. The van der Waals surface area contributed by atoms with Gasteiger partial charge in [-0.3, -0.25) is 9.96 Å². The molecule has 0 aromatic rings. The van der Waals surface area contributed by atoms with Crippen LogP contribution in [-0.2, 0) is 19.3 Å². The van der Waals surface area contributed by atoms with Gasteiger partial charge in [0.25, 0.3) is 6.02 Å². The summed E-state index contributed by atoms with van der Waals surface area (Å²) in [6, 6.07) is -0.443. The molecule has 0 fully saturated rings. The highest BCUT2D eigenvalue weighted by Crippen LogP contribution is 1.89. The summed E-state index contributed by atoms with van der Waals surface area (Å²) < 4.78 is 36.4. The minimum atomic E-state index is -4.37. The maximum absolute atomic E-state index is 9.95. The molecular weight excluding hydrogens is 188 g/mol. The largest absolute Gasteiger partial charge is 0.466 e. The average molecular weight is 198 g/mol. The Morgan fingerprint density at radius 1 is 1.50 bits per heavy atom. The second kappa shape index (κ2) is 4.91. The van der Waals surface area contributed by atoms with Gasteiger partial charge in [0.15, 0.2) is 0 Å². The van der Waals surface area contributed by atoms with E-state index < -0.39 is 16.4 Å². The van der Waals surface area contributed by atoms with Crippen LogP contribution >= 0.6 is 0 Å². The van der Waals surface area contributed by atoms with E-state index in [2.05, 4.69) is 8.92 Å². The lowest BCUT2D eigenvalue weighted by molar-refractivity contribution is 0.222. The average Bonchev–Trinajstić information content (AvgIpc) is 1.83. The minimum Gasteiger partial charge on any atom is -0.466 e. The first kappa shape index (κ1) is 11.1. The van der Waals surface area contributed by atoms with Gasteiger partial charge in [-0.1, -0.05) is 0 Å². The Morgan fingerprint density at radius 2 is 2.08 bits per heavy atom. The van der Waals surface area contributed by atoms with E-state index in [0.717, 1.165) is 0 Å². The quantitative estimate of drug-likeness (QED) is 0.228. The van der Waals surface area contributed by atoms with Crippen molar-refractivity contribution < 1.29 is 21.9 Å². The van der Waals surface area contributed by atoms with E-state index in [4.69, 9.17) is 15.7 Å². The summed E-state index contributed by atoms with van der Waals surface area (Å²) in [7, 11) is -4.37. The number of nitrogens with one attached hydrogen (secondary N) is 1. The summed E-state index contributed by atoms with van der Waals surface area (Å²) in [5.41, 5.74) is 4.81. The van der Waals surface area contributed by atoms with E-state index in [9.17, 15) is 8.42 Å². The molecule has 8 heteroatoms. The van der Waals surface area contributed by atoms with Crippen molar-refractivity contribution in [1.29, 1.82) is 5.41 Å².